The van der Waals surface area contributed by atoms with E-state index in [2.05, 4.69) is 15.4 Å². The lowest BCUT2D eigenvalue weighted by Crippen LogP contribution is -2.27. The minimum Gasteiger partial charge on any atom is -0.393 e. The number of hydrogen-bond donors (Lipinski definition) is 4. The van der Waals surface area contributed by atoms with Crippen molar-refractivity contribution in [2.75, 3.05) is 29.1 Å². The number of anilines is 3. The average molecular weight is 266 g/mol. The van der Waals surface area contributed by atoms with E-state index in [4.69, 9.17) is 11.6 Å². The van der Waals surface area contributed by atoms with Gasteiger partial charge in [0.1, 0.15) is 11.5 Å². The fourth-order valence-corrected chi connectivity index (χ4v) is 2.08. The van der Waals surface area contributed by atoms with Crippen molar-refractivity contribution >= 4 is 17.3 Å². The molecule has 1 saturated heterocycles. The number of hydrazine groups is 1. The normalized spacial score (nSPS) is 19.8. The third-order valence-corrected chi connectivity index (χ3v) is 3.20. The number of aliphatic hydroxyl groups is 1. The van der Waals surface area contributed by atoms with Crippen LogP contribution in [0.5, 0.6) is 0 Å². The summed E-state index contributed by atoms with van der Waals surface area (Å²) in [4.78, 5) is 10.9. The number of aliphatic hydroxyl groups excluding tert-OH is 1. The molecule has 0 radical (unpaired) electrons. The molecule has 6 N–H and O–H groups in total. The number of nitrogen functional groups attached to an aromatic ring is 2. The van der Waals surface area contributed by atoms with Crippen LogP contribution in [0.1, 0.15) is 33.0 Å². The monoisotopic (exact) mass is 266 g/mol. The zero-order chi connectivity index (χ0) is 14.2. The molecule has 1 unspecified atom stereocenters. The zero-order valence-electron chi connectivity index (χ0n) is 11.6. The highest BCUT2D eigenvalue weighted by Gasteiger charge is 2.27. The molecule has 1 atom stereocenters. The first-order valence-corrected chi connectivity index (χ1v) is 6.40. The van der Waals surface area contributed by atoms with Crippen LogP contribution >= 0.6 is 0 Å². The smallest absolute Gasteiger partial charge is 0.169 e. The summed E-state index contributed by atoms with van der Waals surface area (Å²) >= 11 is 0. The van der Waals surface area contributed by atoms with Crippen LogP contribution in [0.3, 0.4) is 0 Å². The van der Waals surface area contributed by atoms with Crippen LogP contribution in [0, 0.1) is 0 Å². The van der Waals surface area contributed by atoms with Gasteiger partial charge in [0.15, 0.2) is 11.6 Å². The first-order chi connectivity index (χ1) is 8.82. The van der Waals surface area contributed by atoms with Crippen molar-refractivity contribution in [2.45, 2.75) is 38.7 Å². The van der Waals surface area contributed by atoms with E-state index in [1.165, 1.54) is 0 Å². The van der Waals surface area contributed by atoms with Gasteiger partial charge in [0.05, 0.1) is 6.10 Å². The molecule has 106 valence electrons. The third kappa shape index (κ3) is 2.71. The second-order valence-corrected chi connectivity index (χ2v) is 5.92. The summed E-state index contributed by atoms with van der Waals surface area (Å²) in [5, 5.41) is 9.64. The van der Waals surface area contributed by atoms with Crippen molar-refractivity contribution in [1.29, 1.82) is 0 Å². The Balaban J connectivity index is 2.47. The molecule has 1 aromatic heterocycles. The van der Waals surface area contributed by atoms with Crippen LogP contribution in [0.15, 0.2) is 0 Å². The minimum absolute atomic E-state index is 0.202. The van der Waals surface area contributed by atoms with Gasteiger partial charge in [0.25, 0.3) is 0 Å². The molecule has 0 amide bonds. The highest BCUT2D eigenvalue weighted by Crippen LogP contribution is 2.32. The molecule has 0 bridgehead atoms. The molecule has 2 rings (SSSR count). The van der Waals surface area contributed by atoms with Gasteiger partial charge < -0.3 is 21.2 Å². The summed E-state index contributed by atoms with van der Waals surface area (Å²) in [6.07, 6.45) is 0.390. The van der Waals surface area contributed by atoms with E-state index >= 15 is 0 Å². The molecule has 7 nitrogen and oxygen atoms in total. The Morgan fingerprint density at radius 3 is 2.53 bits per heavy atom. The van der Waals surface area contributed by atoms with Gasteiger partial charge in [0, 0.05) is 18.5 Å². The van der Waals surface area contributed by atoms with Gasteiger partial charge in [-0.25, -0.2) is 15.8 Å². The molecule has 0 aromatic carbocycles. The molecule has 0 saturated carbocycles. The Hall–Kier alpha value is -1.60. The average Bonchev–Trinajstić information content (AvgIpc) is 2.74. The van der Waals surface area contributed by atoms with E-state index in [9.17, 15) is 5.11 Å². The SMILES string of the molecule is CC(C)(C)c1nc(NN)c(N)c(N2CCC(O)C2)n1. The number of nitrogens with one attached hydrogen (secondary N) is 1. The number of nitrogens with two attached hydrogens (primary N) is 2. The Bertz CT molecular complexity index is 470. The lowest BCUT2D eigenvalue weighted by atomic mass is 9.95. The topological polar surface area (TPSA) is 113 Å². The summed E-state index contributed by atoms with van der Waals surface area (Å²) in [7, 11) is 0. The van der Waals surface area contributed by atoms with Gasteiger partial charge in [-0.15, -0.1) is 0 Å². The maximum absolute atomic E-state index is 9.64. The van der Waals surface area contributed by atoms with Crippen molar-refractivity contribution in [3.8, 4) is 0 Å². The van der Waals surface area contributed by atoms with E-state index < -0.39 is 0 Å². The molecule has 1 fully saturated rings. The molecule has 7 heteroatoms. The van der Waals surface area contributed by atoms with Crippen LogP contribution in [0.25, 0.3) is 0 Å². The largest absolute Gasteiger partial charge is 0.393 e. The molecule has 1 aliphatic rings. The number of aromatic nitrogens is 2. The highest BCUT2D eigenvalue weighted by molar-refractivity contribution is 5.75. The highest BCUT2D eigenvalue weighted by atomic mass is 16.3. The van der Waals surface area contributed by atoms with E-state index in [0.717, 1.165) is 13.0 Å². The van der Waals surface area contributed by atoms with E-state index in [0.29, 0.717) is 29.7 Å². The summed E-state index contributed by atoms with van der Waals surface area (Å²) in [6.45, 7) is 7.36. The predicted molar refractivity (Wildman–Crippen MR) is 75.8 cm³/mol. The quantitative estimate of drug-likeness (QED) is 0.447. The number of β-amino-alcohol motifs (C(OH)–C–C–N with tert-alkyl or cyclic N) is 1. The van der Waals surface area contributed by atoms with Crippen LogP contribution in [0.2, 0.25) is 0 Å². The fraction of sp³-hybridized carbons (Fsp3) is 0.667. The van der Waals surface area contributed by atoms with Crippen molar-refractivity contribution in [3.63, 3.8) is 0 Å². The van der Waals surface area contributed by atoms with Crippen molar-refractivity contribution in [2.24, 2.45) is 5.84 Å². The molecule has 19 heavy (non-hydrogen) atoms. The summed E-state index contributed by atoms with van der Waals surface area (Å²) in [6, 6.07) is 0. The van der Waals surface area contributed by atoms with Gasteiger partial charge in [-0.3, -0.25) is 0 Å². The van der Waals surface area contributed by atoms with E-state index in [1.54, 1.807) is 0 Å². The van der Waals surface area contributed by atoms with Crippen LogP contribution in [0.4, 0.5) is 17.3 Å². The summed E-state index contributed by atoms with van der Waals surface area (Å²) in [5.74, 6) is 7.21. The van der Waals surface area contributed by atoms with Crippen LogP contribution in [-0.2, 0) is 5.41 Å². The van der Waals surface area contributed by atoms with Gasteiger partial charge >= 0.3 is 0 Å². The summed E-state index contributed by atoms with van der Waals surface area (Å²) in [5.41, 5.74) is 8.78. The zero-order valence-corrected chi connectivity index (χ0v) is 11.6. The standard InChI is InChI=1S/C12H22N6O/c1-12(2,3)11-15-9(17-14)8(13)10(16-11)18-5-4-7(19)6-18/h7,19H,4-6,13-14H2,1-3H3,(H,15,16,17). The summed E-state index contributed by atoms with van der Waals surface area (Å²) < 4.78 is 0. The molecule has 0 spiro atoms. The van der Waals surface area contributed by atoms with Crippen LogP contribution < -0.4 is 21.9 Å². The number of hydrogen-bond acceptors (Lipinski definition) is 7. The van der Waals surface area contributed by atoms with Crippen molar-refractivity contribution in [1.82, 2.24) is 9.97 Å². The van der Waals surface area contributed by atoms with E-state index in [1.807, 2.05) is 25.7 Å². The number of rotatable bonds is 2. The Labute approximate surface area is 113 Å². The Morgan fingerprint density at radius 2 is 2.05 bits per heavy atom. The lowest BCUT2D eigenvalue weighted by Gasteiger charge is -2.24. The molecule has 2 heterocycles. The van der Waals surface area contributed by atoms with Crippen molar-refractivity contribution in [3.05, 3.63) is 5.82 Å². The molecule has 1 aliphatic heterocycles. The van der Waals surface area contributed by atoms with Gasteiger partial charge in [-0.2, -0.15) is 0 Å². The first-order valence-electron chi connectivity index (χ1n) is 6.40. The van der Waals surface area contributed by atoms with Gasteiger partial charge in [-0.05, 0) is 6.42 Å². The maximum atomic E-state index is 9.64. The molecular formula is C12H22N6O. The maximum Gasteiger partial charge on any atom is 0.169 e. The Kier molecular flexibility index (Phi) is 3.51. The van der Waals surface area contributed by atoms with Gasteiger partial charge in [-0.1, -0.05) is 20.8 Å². The fourth-order valence-electron chi connectivity index (χ4n) is 2.08. The minimum atomic E-state index is -0.332. The molecule has 0 aliphatic carbocycles. The van der Waals surface area contributed by atoms with E-state index in [-0.39, 0.29) is 11.5 Å². The third-order valence-electron chi connectivity index (χ3n) is 3.20. The second-order valence-electron chi connectivity index (χ2n) is 5.92. The molecule has 1 aromatic rings. The number of nitrogens with zero attached hydrogens (tertiary/aromatic N) is 3. The predicted octanol–water partition coefficient (Wildman–Crippen LogP) is 0.213. The Morgan fingerprint density at radius 1 is 1.37 bits per heavy atom. The van der Waals surface area contributed by atoms with Crippen molar-refractivity contribution < 1.29 is 5.11 Å². The molecular weight excluding hydrogens is 244 g/mol. The van der Waals surface area contributed by atoms with Crippen LogP contribution in [-0.4, -0.2) is 34.3 Å². The second kappa shape index (κ2) is 4.82. The van der Waals surface area contributed by atoms with Gasteiger partial charge in [0.2, 0.25) is 0 Å². The first kappa shape index (κ1) is 13.8. The lowest BCUT2D eigenvalue weighted by molar-refractivity contribution is 0.198.